The Labute approximate surface area is 232 Å². The zero-order valence-corrected chi connectivity index (χ0v) is 23.1. The zero-order valence-electron chi connectivity index (χ0n) is 23.1. The number of hydrogen-bond acceptors (Lipinski definition) is 4. The van der Waals surface area contributed by atoms with E-state index < -0.39 is 0 Å². The van der Waals surface area contributed by atoms with Crippen molar-refractivity contribution in [2.75, 3.05) is 18.2 Å². The van der Waals surface area contributed by atoms with Crippen LogP contribution in [0.5, 0.6) is 11.5 Å². The van der Waals surface area contributed by atoms with Crippen molar-refractivity contribution in [1.82, 2.24) is 9.78 Å². The molecule has 7 rings (SSSR count). The molecule has 0 atom stereocenters. The third-order valence-corrected chi connectivity index (χ3v) is 9.59. The molecule has 1 aliphatic heterocycles. The molecule has 0 radical (unpaired) electrons. The molecule has 2 heterocycles. The SMILES string of the molecule is C=C(C1CCCCC1)N(CC1CCC(c2ccc3c(c2)OCO3)CC1)c1cccc(-c2cnn(C3CC3)c2)c1. The molecule has 0 bridgehead atoms. The van der Waals surface area contributed by atoms with E-state index in [2.05, 4.69) is 63.3 Å². The van der Waals surface area contributed by atoms with Gasteiger partial charge in [0.2, 0.25) is 6.79 Å². The van der Waals surface area contributed by atoms with Crippen molar-refractivity contribution in [2.24, 2.45) is 11.8 Å². The van der Waals surface area contributed by atoms with Crippen molar-refractivity contribution in [2.45, 2.75) is 82.6 Å². The minimum absolute atomic E-state index is 0.344. The molecule has 39 heavy (non-hydrogen) atoms. The second-order valence-corrected chi connectivity index (χ2v) is 12.3. The van der Waals surface area contributed by atoms with E-state index >= 15 is 0 Å². The molecule has 2 aromatic carbocycles. The van der Waals surface area contributed by atoms with Crippen LogP contribution < -0.4 is 14.4 Å². The predicted molar refractivity (Wildman–Crippen MR) is 156 cm³/mol. The highest BCUT2D eigenvalue weighted by Gasteiger charge is 2.29. The van der Waals surface area contributed by atoms with Crippen LogP contribution in [0.15, 0.2) is 67.1 Å². The monoisotopic (exact) mass is 523 g/mol. The first-order chi connectivity index (χ1) is 19.2. The van der Waals surface area contributed by atoms with Gasteiger partial charge in [-0.25, -0.2) is 0 Å². The second kappa shape index (κ2) is 10.7. The fraction of sp³-hybridized carbons (Fsp3) is 0.500. The zero-order chi connectivity index (χ0) is 26.2. The highest BCUT2D eigenvalue weighted by molar-refractivity contribution is 5.68. The first-order valence-electron chi connectivity index (χ1n) is 15.2. The van der Waals surface area contributed by atoms with Gasteiger partial charge in [-0.3, -0.25) is 4.68 Å². The van der Waals surface area contributed by atoms with Crippen LogP contribution in [0.2, 0.25) is 0 Å². The van der Waals surface area contributed by atoms with E-state index in [0.29, 0.717) is 30.6 Å². The maximum atomic E-state index is 5.65. The lowest BCUT2D eigenvalue weighted by Gasteiger charge is -2.38. The van der Waals surface area contributed by atoms with Crippen LogP contribution >= 0.6 is 0 Å². The van der Waals surface area contributed by atoms with Crippen molar-refractivity contribution in [3.63, 3.8) is 0 Å². The maximum absolute atomic E-state index is 5.65. The molecule has 3 aromatic rings. The Kier molecular flexibility index (Phi) is 6.84. The highest BCUT2D eigenvalue weighted by Crippen LogP contribution is 2.42. The molecule has 3 fully saturated rings. The van der Waals surface area contributed by atoms with Gasteiger partial charge in [-0.15, -0.1) is 0 Å². The van der Waals surface area contributed by atoms with E-state index in [-0.39, 0.29) is 0 Å². The fourth-order valence-corrected chi connectivity index (χ4v) is 7.03. The van der Waals surface area contributed by atoms with Crippen LogP contribution in [-0.2, 0) is 0 Å². The standard InChI is InChI=1S/C34H41N3O2/c1-24(26-6-3-2-4-7-26)36(32-9-5-8-28(18-32)30-20-35-37(22-30)31-15-16-31)21-25-10-12-27(13-11-25)29-14-17-33-34(19-29)39-23-38-33/h5,8-9,14,17-20,22,25-27,31H,1-4,6-7,10-13,15-16,21,23H2. The van der Waals surface area contributed by atoms with Crippen LogP contribution in [0, 0.1) is 11.8 Å². The summed E-state index contributed by atoms with van der Waals surface area (Å²) in [6.07, 6.45) is 18.3. The molecule has 5 nitrogen and oxygen atoms in total. The Hall–Kier alpha value is -3.21. The van der Waals surface area contributed by atoms with E-state index in [1.54, 1.807) is 0 Å². The lowest BCUT2D eigenvalue weighted by molar-refractivity contribution is 0.174. The molecule has 4 aliphatic rings. The average molecular weight is 524 g/mol. The number of nitrogens with zero attached hydrogens (tertiary/aromatic N) is 3. The van der Waals surface area contributed by atoms with Crippen LogP contribution in [0.1, 0.15) is 88.2 Å². The lowest BCUT2D eigenvalue weighted by Crippen LogP contribution is -2.33. The maximum Gasteiger partial charge on any atom is 0.231 e. The minimum Gasteiger partial charge on any atom is -0.454 e. The van der Waals surface area contributed by atoms with E-state index in [1.807, 2.05) is 6.20 Å². The number of fused-ring (bicyclic) bond motifs is 1. The number of anilines is 1. The number of rotatable bonds is 8. The van der Waals surface area contributed by atoms with Crippen LogP contribution in [0.3, 0.4) is 0 Å². The van der Waals surface area contributed by atoms with Crippen molar-refractivity contribution in [3.05, 3.63) is 72.7 Å². The fourth-order valence-electron chi connectivity index (χ4n) is 7.03. The summed E-state index contributed by atoms with van der Waals surface area (Å²) in [5, 5.41) is 4.65. The molecule has 0 amide bonds. The van der Waals surface area contributed by atoms with Crippen LogP contribution in [0.4, 0.5) is 5.69 Å². The Balaban J connectivity index is 1.08. The van der Waals surface area contributed by atoms with Gasteiger partial charge < -0.3 is 14.4 Å². The number of aromatic nitrogens is 2. The van der Waals surface area contributed by atoms with Gasteiger partial charge >= 0.3 is 0 Å². The molecule has 0 spiro atoms. The molecule has 0 N–H and O–H groups in total. The van der Waals surface area contributed by atoms with Gasteiger partial charge in [0.1, 0.15) is 0 Å². The molecule has 3 aliphatic carbocycles. The second-order valence-electron chi connectivity index (χ2n) is 12.3. The van der Waals surface area contributed by atoms with Gasteiger partial charge in [0.25, 0.3) is 0 Å². The van der Waals surface area contributed by atoms with Crippen LogP contribution in [-0.4, -0.2) is 23.1 Å². The molecule has 3 saturated carbocycles. The normalized spacial score (nSPS) is 23.1. The number of hydrogen-bond donors (Lipinski definition) is 0. The molecular formula is C34H41N3O2. The Morgan fingerprint density at radius 1 is 0.872 bits per heavy atom. The van der Waals surface area contributed by atoms with E-state index in [0.717, 1.165) is 18.0 Å². The quantitative estimate of drug-likeness (QED) is 0.297. The average Bonchev–Trinajstić information content (AvgIpc) is 3.52. The Morgan fingerprint density at radius 2 is 1.69 bits per heavy atom. The topological polar surface area (TPSA) is 39.5 Å². The van der Waals surface area contributed by atoms with E-state index in [4.69, 9.17) is 16.1 Å². The van der Waals surface area contributed by atoms with Crippen molar-refractivity contribution in [1.29, 1.82) is 0 Å². The van der Waals surface area contributed by atoms with Gasteiger partial charge in [0.05, 0.1) is 12.2 Å². The third-order valence-electron chi connectivity index (χ3n) is 9.59. The summed E-state index contributed by atoms with van der Waals surface area (Å²) in [7, 11) is 0. The minimum atomic E-state index is 0.344. The summed E-state index contributed by atoms with van der Waals surface area (Å²) in [6, 6.07) is 16.3. The summed E-state index contributed by atoms with van der Waals surface area (Å²) in [6.45, 7) is 6.15. The largest absolute Gasteiger partial charge is 0.454 e. The predicted octanol–water partition coefficient (Wildman–Crippen LogP) is 8.49. The molecular weight excluding hydrogens is 482 g/mol. The number of benzene rings is 2. The summed E-state index contributed by atoms with van der Waals surface area (Å²) >= 11 is 0. The Bertz CT molecular complexity index is 1310. The van der Waals surface area contributed by atoms with Crippen molar-refractivity contribution >= 4 is 5.69 Å². The van der Waals surface area contributed by atoms with Crippen molar-refractivity contribution < 1.29 is 9.47 Å². The van der Waals surface area contributed by atoms with Crippen LogP contribution in [0.25, 0.3) is 11.1 Å². The van der Waals surface area contributed by atoms with Gasteiger partial charge in [-0.2, -0.15) is 5.10 Å². The summed E-state index contributed by atoms with van der Waals surface area (Å²) < 4.78 is 13.3. The van der Waals surface area contributed by atoms with Gasteiger partial charge in [-0.1, -0.05) is 44.0 Å². The highest BCUT2D eigenvalue weighted by atomic mass is 16.7. The first kappa shape index (κ1) is 24.8. The smallest absolute Gasteiger partial charge is 0.231 e. The summed E-state index contributed by atoms with van der Waals surface area (Å²) in [5.74, 6) is 3.68. The molecule has 204 valence electrons. The molecule has 0 saturated heterocycles. The van der Waals surface area contributed by atoms with E-state index in [1.165, 1.54) is 98.7 Å². The van der Waals surface area contributed by atoms with Gasteiger partial charge in [-0.05, 0) is 105 Å². The van der Waals surface area contributed by atoms with E-state index in [9.17, 15) is 0 Å². The summed E-state index contributed by atoms with van der Waals surface area (Å²) in [5.41, 5.74) is 6.50. The number of ether oxygens (including phenoxy) is 2. The van der Waals surface area contributed by atoms with Gasteiger partial charge in [0, 0.05) is 29.7 Å². The lowest BCUT2D eigenvalue weighted by atomic mass is 9.78. The summed E-state index contributed by atoms with van der Waals surface area (Å²) in [4.78, 5) is 2.59. The first-order valence-corrected chi connectivity index (χ1v) is 15.2. The van der Waals surface area contributed by atoms with Crippen molar-refractivity contribution in [3.8, 4) is 22.6 Å². The molecule has 5 heteroatoms. The Morgan fingerprint density at radius 3 is 2.51 bits per heavy atom. The van der Waals surface area contributed by atoms with Gasteiger partial charge in [0.15, 0.2) is 11.5 Å². The molecule has 0 unspecified atom stereocenters. The number of allylic oxidation sites excluding steroid dienone is 1. The molecule has 1 aromatic heterocycles. The third kappa shape index (κ3) is 5.33.